The van der Waals surface area contributed by atoms with E-state index in [-0.39, 0.29) is 0 Å². The molecule has 1 heterocycles. The third-order valence-electron chi connectivity index (χ3n) is 4.33. The van der Waals surface area contributed by atoms with Gasteiger partial charge in [0.25, 0.3) is 0 Å². The molecule has 29 heavy (non-hydrogen) atoms. The molecule has 0 spiro atoms. The normalized spacial score (nSPS) is 12.4. The van der Waals surface area contributed by atoms with Crippen LogP contribution in [0, 0.1) is 13.8 Å². The molecule has 0 fully saturated rings. The van der Waals surface area contributed by atoms with E-state index in [9.17, 15) is 13.2 Å². The van der Waals surface area contributed by atoms with E-state index in [2.05, 4.69) is 15.5 Å². The van der Waals surface area contributed by atoms with Crippen LogP contribution in [0.15, 0.2) is 48.5 Å². The van der Waals surface area contributed by atoms with Gasteiger partial charge in [-0.05, 0) is 32.9 Å². The van der Waals surface area contributed by atoms with Crippen LogP contribution in [0.1, 0.15) is 18.1 Å². The van der Waals surface area contributed by atoms with Crippen molar-refractivity contribution in [1.29, 1.82) is 0 Å². The monoisotopic (exact) mass is 430 g/mol. The van der Waals surface area contributed by atoms with Crippen molar-refractivity contribution in [1.82, 2.24) is 10.2 Å². The average Bonchev–Trinajstić information content (AvgIpc) is 3.11. The quantitative estimate of drug-likeness (QED) is 0.645. The molecule has 9 heteroatoms. The molecule has 0 bridgehead atoms. The van der Waals surface area contributed by atoms with Gasteiger partial charge in [0.2, 0.25) is 21.1 Å². The SMILES string of the molecule is Cc1ccc(-c2nnc(NC(=O)[C@H](C)N(c3ccc(C)cc3)S(C)(=O)=O)s2)cc1. The number of hydrogen-bond donors (Lipinski definition) is 1. The summed E-state index contributed by atoms with van der Waals surface area (Å²) in [7, 11) is -3.67. The summed E-state index contributed by atoms with van der Waals surface area (Å²) < 4.78 is 25.8. The van der Waals surface area contributed by atoms with Crippen LogP contribution in [0.25, 0.3) is 10.6 Å². The fourth-order valence-corrected chi connectivity index (χ4v) is 4.72. The van der Waals surface area contributed by atoms with Gasteiger partial charge in [-0.2, -0.15) is 0 Å². The molecule has 1 amide bonds. The molecule has 0 aliphatic rings. The number of anilines is 2. The van der Waals surface area contributed by atoms with Crippen LogP contribution in [0.5, 0.6) is 0 Å². The van der Waals surface area contributed by atoms with Gasteiger partial charge >= 0.3 is 0 Å². The lowest BCUT2D eigenvalue weighted by atomic mass is 10.2. The Morgan fingerprint density at radius 1 is 1.00 bits per heavy atom. The first-order valence-electron chi connectivity index (χ1n) is 8.92. The predicted octanol–water partition coefficient (Wildman–Crippen LogP) is 3.62. The molecular weight excluding hydrogens is 408 g/mol. The first-order valence-corrected chi connectivity index (χ1v) is 11.6. The average molecular weight is 431 g/mol. The summed E-state index contributed by atoms with van der Waals surface area (Å²) in [5, 5.41) is 11.8. The van der Waals surface area contributed by atoms with Gasteiger partial charge in [0.15, 0.2) is 0 Å². The molecule has 2 aromatic carbocycles. The van der Waals surface area contributed by atoms with E-state index in [0.717, 1.165) is 27.3 Å². The van der Waals surface area contributed by atoms with Gasteiger partial charge in [-0.1, -0.05) is 58.9 Å². The number of nitrogens with zero attached hydrogens (tertiary/aromatic N) is 3. The van der Waals surface area contributed by atoms with Gasteiger partial charge in [-0.15, -0.1) is 10.2 Å². The number of carbonyl (C=O) groups is 1. The molecule has 152 valence electrons. The second-order valence-corrected chi connectivity index (χ2v) is 9.67. The number of amides is 1. The number of nitrogens with one attached hydrogen (secondary N) is 1. The van der Waals surface area contributed by atoms with Crippen molar-refractivity contribution in [3.63, 3.8) is 0 Å². The predicted molar refractivity (Wildman–Crippen MR) is 117 cm³/mol. The molecule has 0 saturated carbocycles. The van der Waals surface area contributed by atoms with Gasteiger partial charge in [-0.3, -0.25) is 14.4 Å². The number of hydrogen-bond acceptors (Lipinski definition) is 6. The molecule has 0 aliphatic carbocycles. The summed E-state index contributed by atoms with van der Waals surface area (Å²) in [5.74, 6) is -0.484. The molecule has 1 atom stereocenters. The molecule has 3 rings (SSSR count). The van der Waals surface area contributed by atoms with Crippen LogP contribution in [0.3, 0.4) is 0 Å². The Morgan fingerprint density at radius 3 is 2.10 bits per heavy atom. The summed E-state index contributed by atoms with van der Waals surface area (Å²) in [6.45, 7) is 5.45. The van der Waals surface area contributed by atoms with Crippen molar-refractivity contribution in [2.45, 2.75) is 26.8 Å². The van der Waals surface area contributed by atoms with Crippen molar-refractivity contribution in [2.24, 2.45) is 0 Å². The van der Waals surface area contributed by atoms with E-state index in [4.69, 9.17) is 0 Å². The third-order valence-corrected chi connectivity index (χ3v) is 6.46. The molecule has 0 unspecified atom stereocenters. The number of aryl methyl sites for hydroxylation is 2. The summed E-state index contributed by atoms with van der Waals surface area (Å²) in [4.78, 5) is 12.8. The number of sulfonamides is 1. The minimum absolute atomic E-state index is 0.315. The molecule has 0 radical (unpaired) electrons. The Morgan fingerprint density at radius 2 is 1.55 bits per heavy atom. The zero-order valence-electron chi connectivity index (χ0n) is 16.6. The lowest BCUT2D eigenvalue weighted by Gasteiger charge is -2.27. The van der Waals surface area contributed by atoms with E-state index in [1.165, 1.54) is 18.3 Å². The maximum absolute atomic E-state index is 12.8. The minimum Gasteiger partial charge on any atom is -0.299 e. The van der Waals surface area contributed by atoms with Gasteiger partial charge in [-0.25, -0.2) is 8.42 Å². The molecule has 1 N–H and O–H groups in total. The Balaban J connectivity index is 1.80. The highest BCUT2D eigenvalue weighted by molar-refractivity contribution is 7.92. The topological polar surface area (TPSA) is 92.3 Å². The van der Waals surface area contributed by atoms with E-state index in [1.54, 1.807) is 24.3 Å². The van der Waals surface area contributed by atoms with Gasteiger partial charge < -0.3 is 0 Å². The molecular formula is C20H22N4O3S2. The van der Waals surface area contributed by atoms with Crippen LogP contribution >= 0.6 is 11.3 Å². The molecule has 7 nitrogen and oxygen atoms in total. The van der Waals surface area contributed by atoms with E-state index in [0.29, 0.717) is 15.8 Å². The van der Waals surface area contributed by atoms with E-state index < -0.39 is 22.0 Å². The van der Waals surface area contributed by atoms with Crippen molar-refractivity contribution in [3.8, 4) is 10.6 Å². The summed E-state index contributed by atoms with van der Waals surface area (Å²) in [5.41, 5.74) is 3.46. The van der Waals surface area contributed by atoms with Gasteiger partial charge in [0.1, 0.15) is 11.0 Å². The highest BCUT2D eigenvalue weighted by Gasteiger charge is 2.29. The zero-order valence-corrected chi connectivity index (χ0v) is 18.2. The Hall–Kier alpha value is -2.78. The number of rotatable bonds is 6. The van der Waals surface area contributed by atoms with Crippen LogP contribution in [0.4, 0.5) is 10.8 Å². The van der Waals surface area contributed by atoms with Gasteiger partial charge in [0, 0.05) is 5.56 Å². The summed E-state index contributed by atoms with van der Waals surface area (Å²) >= 11 is 1.23. The van der Waals surface area contributed by atoms with Crippen molar-refractivity contribution >= 4 is 38.1 Å². The first kappa shape index (κ1) is 20.9. The van der Waals surface area contributed by atoms with Crippen LogP contribution < -0.4 is 9.62 Å². The van der Waals surface area contributed by atoms with Crippen LogP contribution in [0.2, 0.25) is 0 Å². The molecule has 0 saturated heterocycles. The minimum atomic E-state index is -3.67. The smallest absolute Gasteiger partial charge is 0.249 e. The highest BCUT2D eigenvalue weighted by Crippen LogP contribution is 2.27. The maximum Gasteiger partial charge on any atom is 0.249 e. The second kappa shape index (κ2) is 8.30. The molecule has 3 aromatic rings. The number of carbonyl (C=O) groups excluding carboxylic acids is 1. The number of aromatic nitrogens is 2. The Kier molecular flexibility index (Phi) is 5.99. The summed E-state index contributed by atoms with van der Waals surface area (Å²) in [6, 6.07) is 13.8. The highest BCUT2D eigenvalue weighted by atomic mass is 32.2. The lowest BCUT2D eigenvalue weighted by molar-refractivity contribution is -0.116. The first-order chi connectivity index (χ1) is 13.6. The zero-order chi connectivity index (χ0) is 21.2. The van der Waals surface area contributed by atoms with Crippen molar-refractivity contribution < 1.29 is 13.2 Å². The fourth-order valence-electron chi connectivity index (χ4n) is 2.80. The van der Waals surface area contributed by atoms with Crippen LogP contribution in [-0.2, 0) is 14.8 Å². The Bertz CT molecular complexity index is 1110. The number of benzene rings is 2. The molecule has 0 aliphatic heterocycles. The third kappa shape index (κ3) is 4.99. The van der Waals surface area contributed by atoms with Crippen molar-refractivity contribution in [3.05, 3.63) is 59.7 Å². The lowest BCUT2D eigenvalue weighted by Crippen LogP contribution is -2.45. The fraction of sp³-hybridized carbons (Fsp3) is 0.250. The van der Waals surface area contributed by atoms with E-state index in [1.807, 2.05) is 38.1 Å². The van der Waals surface area contributed by atoms with E-state index >= 15 is 0 Å². The second-order valence-electron chi connectivity index (χ2n) is 6.84. The standard InChI is InChI=1S/C20H22N4O3S2/c1-13-5-9-16(10-6-13)19-22-23-20(28-19)21-18(25)15(3)24(29(4,26)27)17-11-7-14(2)8-12-17/h5-12,15H,1-4H3,(H,21,23,25)/t15-/m0/s1. The van der Waals surface area contributed by atoms with Crippen molar-refractivity contribution in [2.75, 3.05) is 15.9 Å². The van der Waals surface area contributed by atoms with Crippen LogP contribution in [-0.4, -0.2) is 36.8 Å². The van der Waals surface area contributed by atoms with Gasteiger partial charge in [0.05, 0.1) is 11.9 Å². The maximum atomic E-state index is 12.8. The summed E-state index contributed by atoms with van der Waals surface area (Å²) in [6.07, 6.45) is 1.08. The molecule has 1 aromatic heterocycles. The largest absolute Gasteiger partial charge is 0.299 e. The Labute approximate surface area is 174 Å².